The van der Waals surface area contributed by atoms with Gasteiger partial charge in [-0.1, -0.05) is 63.9 Å². The lowest BCUT2D eigenvalue weighted by atomic mass is 9.88. The Kier molecular flexibility index (Phi) is 7.24. The highest BCUT2D eigenvalue weighted by molar-refractivity contribution is 5.72. The van der Waals surface area contributed by atoms with Crippen LogP contribution in [0.1, 0.15) is 45.6 Å². The van der Waals surface area contributed by atoms with Crippen molar-refractivity contribution in [1.82, 2.24) is 0 Å². The van der Waals surface area contributed by atoms with E-state index in [9.17, 15) is 4.79 Å². The molecule has 0 aromatic heterocycles. The maximum absolute atomic E-state index is 12.1. The third-order valence-corrected chi connectivity index (χ3v) is 3.71. The fraction of sp³-hybridized carbons (Fsp3) is 0.588. The molecule has 0 aliphatic carbocycles. The second-order valence-electron chi connectivity index (χ2n) is 5.18. The number of ether oxygens (including phenoxy) is 1. The Balaban J connectivity index is 2.40. The first-order valence-corrected chi connectivity index (χ1v) is 7.39. The van der Waals surface area contributed by atoms with Crippen molar-refractivity contribution in [3.8, 4) is 0 Å². The number of hydrogen-bond donors (Lipinski definition) is 0. The van der Waals surface area contributed by atoms with Crippen molar-refractivity contribution in [2.45, 2.75) is 46.5 Å². The maximum Gasteiger partial charge on any atom is 0.309 e. The van der Waals surface area contributed by atoms with E-state index >= 15 is 0 Å². The number of carbonyl (C=O) groups excluding carboxylic acids is 1. The Morgan fingerprint density at radius 3 is 2.47 bits per heavy atom. The first-order chi connectivity index (χ1) is 9.19. The average Bonchev–Trinajstić information content (AvgIpc) is 2.45. The number of benzene rings is 1. The van der Waals surface area contributed by atoms with Crippen LogP contribution in [0.4, 0.5) is 0 Å². The van der Waals surface area contributed by atoms with Crippen LogP contribution in [0.3, 0.4) is 0 Å². The smallest absolute Gasteiger partial charge is 0.309 e. The Morgan fingerprint density at radius 1 is 1.21 bits per heavy atom. The van der Waals surface area contributed by atoms with E-state index in [1.807, 2.05) is 18.2 Å². The fourth-order valence-corrected chi connectivity index (χ4v) is 2.25. The molecule has 1 aromatic carbocycles. The second kappa shape index (κ2) is 8.73. The molecule has 0 spiro atoms. The van der Waals surface area contributed by atoms with Gasteiger partial charge in [0.15, 0.2) is 0 Å². The van der Waals surface area contributed by atoms with E-state index in [0.717, 1.165) is 25.7 Å². The second-order valence-corrected chi connectivity index (χ2v) is 5.18. The van der Waals surface area contributed by atoms with Gasteiger partial charge in [0.2, 0.25) is 0 Å². The Morgan fingerprint density at radius 2 is 1.89 bits per heavy atom. The molecule has 0 N–H and O–H groups in total. The maximum atomic E-state index is 12.1. The predicted octanol–water partition coefficient (Wildman–Crippen LogP) is 4.23. The van der Waals surface area contributed by atoms with Crippen LogP contribution in [0.25, 0.3) is 0 Å². The zero-order chi connectivity index (χ0) is 14.1. The van der Waals surface area contributed by atoms with Gasteiger partial charge in [0, 0.05) is 6.42 Å². The van der Waals surface area contributed by atoms with E-state index in [1.165, 1.54) is 5.56 Å². The molecule has 0 radical (unpaired) electrons. The third-order valence-electron chi connectivity index (χ3n) is 3.71. The van der Waals surface area contributed by atoms with Gasteiger partial charge >= 0.3 is 5.97 Å². The lowest BCUT2D eigenvalue weighted by Crippen LogP contribution is -2.24. The minimum Gasteiger partial charge on any atom is -0.465 e. The van der Waals surface area contributed by atoms with E-state index in [1.54, 1.807) is 0 Å². The van der Waals surface area contributed by atoms with Crippen LogP contribution < -0.4 is 0 Å². The Bertz CT molecular complexity index is 359. The minimum atomic E-state index is -0.0212. The summed E-state index contributed by atoms with van der Waals surface area (Å²) in [6.45, 7) is 6.87. The van der Waals surface area contributed by atoms with Crippen molar-refractivity contribution in [1.29, 1.82) is 0 Å². The van der Waals surface area contributed by atoms with Gasteiger partial charge in [-0.05, 0) is 17.9 Å². The van der Waals surface area contributed by atoms with E-state index in [2.05, 4.69) is 32.9 Å². The molecule has 0 fully saturated rings. The summed E-state index contributed by atoms with van der Waals surface area (Å²) < 4.78 is 5.44. The summed E-state index contributed by atoms with van der Waals surface area (Å²) in [7, 11) is 0. The molecule has 0 saturated carbocycles. The first-order valence-electron chi connectivity index (χ1n) is 7.39. The molecule has 2 heteroatoms. The molecule has 0 amide bonds. The van der Waals surface area contributed by atoms with Crippen LogP contribution in [-0.2, 0) is 16.0 Å². The zero-order valence-electron chi connectivity index (χ0n) is 12.4. The summed E-state index contributed by atoms with van der Waals surface area (Å²) in [6, 6.07) is 10.1. The van der Waals surface area contributed by atoms with Gasteiger partial charge in [-0.2, -0.15) is 0 Å². The van der Waals surface area contributed by atoms with Gasteiger partial charge in [-0.3, -0.25) is 4.79 Å². The molecular weight excluding hydrogens is 236 g/mol. The largest absolute Gasteiger partial charge is 0.465 e. The minimum absolute atomic E-state index is 0.0212. The molecule has 19 heavy (non-hydrogen) atoms. The monoisotopic (exact) mass is 262 g/mol. The molecule has 2 atom stereocenters. The van der Waals surface area contributed by atoms with Gasteiger partial charge in [0.05, 0.1) is 12.5 Å². The lowest BCUT2D eigenvalue weighted by molar-refractivity contribution is -0.150. The highest BCUT2D eigenvalue weighted by Gasteiger charge is 2.24. The summed E-state index contributed by atoms with van der Waals surface area (Å²) in [5, 5.41) is 0. The average molecular weight is 262 g/mol. The topological polar surface area (TPSA) is 26.3 Å². The van der Waals surface area contributed by atoms with Crippen LogP contribution >= 0.6 is 0 Å². The normalized spacial score (nSPS) is 13.8. The van der Waals surface area contributed by atoms with Crippen molar-refractivity contribution >= 4 is 5.97 Å². The summed E-state index contributed by atoms with van der Waals surface area (Å²) in [4.78, 5) is 12.1. The van der Waals surface area contributed by atoms with Gasteiger partial charge in [-0.15, -0.1) is 0 Å². The summed E-state index contributed by atoms with van der Waals surface area (Å²) in [5.41, 5.74) is 1.21. The number of rotatable bonds is 8. The number of hydrogen-bond acceptors (Lipinski definition) is 2. The van der Waals surface area contributed by atoms with Crippen molar-refractivity contribution < 1.29 is 9.53 Å². The molecule has 0 bridgehead atoms. The first kappa shape index (κ1) is 15.7. The Labute approximate surface area is 117 Å². The van der Waals surface area contributed by atoms with Crippen LogP contribution in [0.5, 0.6) is 0 Å². The van der Waals surface area contributed by atoms with E-state index in [-0.39, 0.29) is 11.9 Å². The molecule has 106 valence electrons. The van der Waals surface area contributed by atoms with Crippen molar-refractivity contribution in [2.75, 3.05) is 6.61 Å². The summed E-state index contributed by atoms with van der Waals surface area (Å²) in [6.07, 6.45) is 3.78. The molecule has 0 heterocycles. The lowest BCUT2D eigenvalue weighted by Gasteiger charge is -2.20. The molecular formula is C17H26O2. The number of esters is 1. The predicted molar refractivity (Wildman–Crippen MR) is 79.0 cm³/mol. The van der Waals surface area contributed by atoms with Crippen molar-refractivity contribution in [2.24, 2.45) is 11.8 Å². The van der Waals surface area contributed by atoms with Crippen molar-refractivity contribution in [3.05, 3.63) is 35.9 Å². The highest BCUT2D eigenvalue weighted by Crippen LogP contribution is 2.22. The standard InChI is InChI=1S/C17H26O2/c1-4-9-16(14(3)5-2)17(18)19-13-12-15-10-7-6-8-11-15/h6-8,10-11,14,16H,4-5,9,12-13H2,1-3H3. The molecule has 1 aromatic rings. The van der Waals surface area contributed by atoms with Gasteiger partial charge in [0.25, 0.3) is 0 Å². The third kappa shape index (κ3) is 5.46. The van der Waals surface area contributed by atoms with Crippen LogP contribution in [0.15, 0.2) is 30.3 Å². The van der Waals surface area contributed by atoms with Crippen molar-refractivity contribution in [3.63, 3.8) is 0 Å². The zero-order valence-corrected chi connectivity index (χ0v) is 12.4. The van der Waals surface area contributed by atoms with Crippen LogP contribution in [0.2, 0.25) is 0 Å². The van der Waals surface area contributed by atoms with Crippen LogP contribution in [-0.4, -0.2) is 12.6 Å². The molecule has 2 unspecified atom stereocenters. The SMILES string of the molecule is CCCC(C(=O)OCCc1ccccc1)C(C)CC. The molecule has 0 saturated heterocycles. The highest BCUT2D eigenvalue weighted by atomic mass is 16.5. The van der Waals surface area contributed by atoms with Crippen LogP contribution in [0, 0.1) is 11.8 Å². The Hall–Kier alpha value is -1.31. The molecule has 0 aliphatic rings. The summed E-state index contributed by atoms with van der Waals surface area (Å²) in [5.74, 6) is 0.446. The molecule has 2 nitrogen and oxygen atoms in total. The van der Waals surface area contributed by atoms with E-state index < -0.39 is 0 Å². The summed E-state index contributed by atoms with van der Waals surface area (Å²) >= 11 is 0. The quantitative estimate of drug-likeness (QED) is 0.655. The van der Waals surface area contributed by atoms with Gasteiger partial charge in [0.1, 0.15) is 0 Å². The van der Waals surface area contributed by atoms with E-state index in [0.29, 0.717) is 12.5 Å². The van der Waals surface area contributed by atoms with E-state index in [4.69, 9.17) is 4.74 Å². The molecule has 1 rings (SSSR count). The molecule has 0 aliphatic heterocycles. The van der Waals surface area contributed by atoms with Gasteiger partial charge < -0.3 is 4.74 Å². The van der Waals surface area contributed by atoms with Gasteiger partial charge in [-0.25, -0.2) is 0 Å². The number of carbonyl (C=O) groups is 1. The fourth-order valence-electron chi connectivity index (χ4n) is 2.25.